The Morgan fingerprint density at radius 3 is 2.81 bits per heavy atom. The fraction of sp³-hybridized carbons (Fsp3) is 0.500. The highest BCUT2D eigenvalue weighted by molar-refractivity contribution is 7.09. The van der Waals surface area contributed by atoms with E-state index in [0.29, 0.717) is 19.5 Å². The number of carbonyl (C=O) groups is 2. The van der Waals surface area contributed by atoms with E-state index in [1.807, 2.05) is 17.5 Å². The Morgan fingerprint density at radius 1 is 1.26 bits per heavy atom. The first kappa shape index (κ1) is 22.0. The van der Waals surface area contributed by atoms with Gasteiger partial charge < -0.3 is 10.6 Å². The monoisotopic (exact) mass is 440 g/mol. The van der Waals surface area contributed by atoms with Crippen molar-refractivity contribution in [3.8, 4) is 0 Å². The Bertz CT molecular complexity index is 883. The van der Waals surface area contributed by atoms with Crippen molar-refractivity contribution in [1.82, 2.24) is 20.4 Å². The number of hydrogen-bond acceptors (Lipinski definition) is 5. The van der Waals surface area contributed by atoms with E-state index in [4.69, 9.17) is 0 Å². The first-order valence-corrected chi connectivity index (χ1v) is 12.0. The lowest BCUT2D eigenvalue weighted by Crippen LogP contribution is -2.49. The Kier molecular flexibility index (Phi) is 7.05. The Labute approximate surface area is 188 Å². The number of carbonyl (C=O) groups excluding carboxylic acids is 2. The molecule has 2 fully saturated rings. The molecule has 2 amide bonds. The molecular formula is C24H32N4O2S. The van der Waals surface area contributed by atoms with Gasteiger partial charge in [-0.25, -0.2) is 0 Å². The van der Waals surface area contributed by atoms with Crippen molar-refractivity contribution < 1.29 is 9.59 Å². The first-order chi connectivity index (χ1) is 15.0. The predicted octanol–water partition coefficient (Wildman–Crippen LogP) is 2.53. The summed E-state index contributed by atoms with van der Waals surface area (Å²) < 4.78 is 0. The lowest BCUT2D eigenvalue weighted by Gasteiger charge is -2.33. The highest BCUT2D eigenvalue weighted by atomic mass is 32.1. The van der Waals surface area contributed by atoms with Crippen molar-refractivity contribution in [2.24, 2.45) is 0 Å². The molecule has 0 radical (unpaired) electrons. The van der Waals surface area contributed by atoms with Gasteiger partial charge >= 0.3 is 0 Å². The van der Waals surface area contributed by atoms with E-state index in [-0.39, 0.29) is 29.9 Å². The van der Waals surface area contributed by atoms with E-state index in [0.717, 1.165) is 30.8 Å². The third-order valence-corrected chi connectivity index (χ3v) is 7.48. The second-order valence-electron chi connectivity index (χ2n) is 8.72. The van der Waals surface area contributed by atoms with Crippen molar-refractivity contribution in [1.29, 1.82) is 0 Å². The number of thiophene rings is 1. The van der Waals surface area contributed by atoms with Gasteiger partial charge in [-0.15, -0.1) is 11.3 Å². The largest absolute Gasteiger partial charge is 0.353 e. The topological polar surface area (TPSA) is 64.7 Å². The van der Waals surface area contributed by atoms with Crippen LogP contribution in [0.2, 0.25) is 0 Å². The van der Waals surface area contributed by atoms with E-state index < -0.39 is 0 Å². The van der Waals surface area contributed by atoms with Crippen LogP contribution in [0.1, 0.15) is 35.3 Å². The quantitative estimate of drug-likeness (QED) is 0.695. The zero-order chi connectivity index (χ0) is 21.8. The Hall–Kier alpha value is -2.22. The van der Waals surface area contributed by atoms with Crippen LogP contribution in [0.25, 0.3) is 0 Å². The smallest absolute Gasteiger partial charge is 0.239 e. The molecule has 2 saturated heterocycles. The number of fused-ring (bicyclic) bond motifs is 1. The summed E-state index contributed by atoms with van der Waals surface area (Å²) >= 11 is 1.65. The number of likely N-dealkylation sites (N-methyl/N-ethyl adjacent to an activating group) is 1. The zero-order valence-electron chi connectivity index (χ0n) is 18.3. The van der Waals surface area contributed by atoms with Crippen LogP contribution in [0.3, 0.4) is 0 Å². The third kappa shape index (κ3) is 5.34. The average Bonchev–Trinajstić information content (AvgIpc) is 3.41. The Morgan fingerprint density at radius 2 is 2.06 bits per heavy atom. The highest BCUT2D eigenvalue weighted by Gasteiger charge is 2.44. The van der Waals surface area contributed by atoms with Gasteiger partial charge in [0.25, 0.3) is 0 Å². The summed E-state index contributed by atoms with van der Waals surface area (Å²) in [7, 11) is 2.11. The maximum atomic E-state index is 13.0. The molecule has 2 aliphatic rings. The van der Waals surface area contributed by atoms with Gasteiger partial charge in [0.05, 0.1) is 6.54 Å². The van der Waals surface area contributed by atoms with Crippen LogP contribution in [0, 0.1) is 6.92 Å². The molecule has 0 bridgehead atoms. The second-order valence-corrected chi connectivity index (χ2v) is 9.75. The molecule has 1 aromatic heterocycles. The maximum absolute atomic E-state index is 13.0. The predicted molar refractivity (Wildman–Crippen MR) is 124 cm³/mol. The summed E-state index contributed by atoms with van der Waals surface area (Å²) in [5.41, 5.74) is 2.49. The molecule has 0 spiro atoms. The van der Waals surface area contributed by atoms with E-state index in [1.165, 1.54) is 11.1 Å². The molecule has 0 saturated carbocycles. The lowest BCUT2D eigenvalue weighted by molar-refractivity contribution is -0.126. The SMILES string of the molecule is Cc1ccc(CN2CC[C@@H]3[C@H]2C(=O)NC[C@H](CCC(=O)NCc2cccs2)N3C)cc1. The molecule has 7 heteroatoms. The highest BCUT2D eigenvalue weighted by Crippen LogP contribution is 2.28. The number of nitrogens with one attached hydrogen (secondary N) is 2. The van der Waals surface area contributed by atoms with E-state index in [2.05, 4.69) is 58.7 Å². The van der Waals surface area contributed by atoms with E-state index in [1.54, 1.807) is 11.3 Å². The minimum absolute atomic E-state index is 0.0707. The standard InChI is InChI=1S/C24H32N4O2S/c1-17-5-7-18(8-6-17)16-28-12-11-21-23(28)24(30)26-14-19(27(21)2)9-10-22(29)25-15-20-4-3-13-31-20/h3-8,13,19,21,23H,9-12,14-16H2,1-2H3,(H,25,29)(H,26,30)/t19-,21+,23-/m0/s1. The molecule has 2 aromatic rings. The molecular weight excluding hydrogens is 408 g/mol. The summed E-state index contributed by atoms with van der Waals surface area (Å²) in [4.78, 5) is 31.1. The van der Waals surface area contributed by atoms with E-state index >= 15 is 0 Å². The van der Waals surface area contributed by atoms with Crippen molar-refractivity contribution >= 4 is 23.2 Å². The molecule has 0 aliphatic carbocycles. The van der Waals surface area contributed by atoms with Gasteiger partial charge in [-0.3, -0.25) is 19.4 Å². The van der Waals surface area contributed by atoms with Crippen molar-refractivity contribution in [2.75, 3.05) is 20.1 Å². The normalized spacial score (nSPS) is 24.5. The summed E-state index contributed by atoms with van der Waals surface area (Å²) in [5.74, 6) is 0.187. The summed E-state index contributed by atoms with van der Waals surface area (Å²) in [6.07, 6.45) is 2.19. The Balaban J connectivity index is 1.33. The molecule has 3 atom stereocenters. The molecule has 2 aliphatic heterocycles. The zero-order valence-corrected chi connectivity index (χ0v) is 19.2. The fourth-order valence-electron chi connectivity index (χ4n) is 4.74. The van der Waals surface area contributed by atoms with Crippen LogP contribution in [0.5, 0.6) is 0 Å². The van der Waals surface area contributed by atoms with Crippen molar-refractivity contribution in [2.45, 2.75) is 57.4 Å². The molecule has 0 unspecified atom stereocenters. The van der Waals surface area contributed by atoms with Crippen LogP contribution in [-0.4, -0.2) is 59.9 Å². The van der Waals surface area contributed by atoms with Gasteiger partial charge in [0.1, 0.15) is 6.04 Å². The van der Waals surface area contributed by atoms with Gasteiger partial charge in [0, 0.05) is 43.0 Å². The molecule has 3 heterocycles. The van der Waals surface area contributed by atoms with Crippen molar-refractivity contribution in [3.05, 3.63) is 57.8 Å². The lowest BCUT2D eigenvalue weighted by atomic mass is 10.0. The number of nitrogens with zero attached hydrogens (tertiary/aromatic N) is 2. The van der Waals surface area contributed by atoms with Crippen LogP contribution in [0.4, 0.5) is 0 Å². The van der Waals surface area contributed by atoms with Gasteiger partial charge in [0.15, 0.2) is 0 Å². The fourth-order valence-corrected chi connectivity index (χ4v) is 5.38. The summed E-state index contributed by atoms with van der Waals surface area (Å²) in [6.45, 7) is 4.98. The number of benzene rings is 1. The van der Waals surface area contributed by atoms with Crippen LogP contribution in [0.15, 0.2) is 41.8 Å². The maximum Gasteiger partial charge on any atom is 0.239 e. The van der Waals surface area contributed by atoms with Gasteiger partial charge in [-0.05, 0) is 43.8 Å². The number of amides is 2. The minimum Gasteiger partial charge on any atom is -0.353 e. The molecule has 1 aromatic carbocycles. The molecule has 31 heavy (non-hydrogen) atoms. The molecule has 166 valence electrons. The number of hydrogen-bond donors (Lipinski definition) is 2. The summed E-state index contributed by atoms with van der Waals surface area (Å²) in [6, 6.07) is 12.8. The summed E-state index contributed by atoms with van der Waals surface area (Å²) in [5, 5.41) is 8.17. The molecule has 4 rings (SSSR count). The molecule has 6 nitrogen and oxygen atoms in total. The molecule has 2 N–H and O–H groups in total. The number of aryl methyl sites for hydroxylation is 1. The third-order valence-electron chi connectivity index (χ3n) is 6.60. The average molecular weight is 441 g/mol. The van der Waals surface area contributed by atoms with Gasteiger partial charge in [0.2, 0.25) is 11.8 Å². The number of rotatable bonds is 7. The van der Waals surface area contributed by atoms with Crippen LogP contribution >= 0.6 is 11.3 Å². The minimum atomic E-state index is -0.135. The second kappa shape index (κ2) is 9.94. The van der Waals surface area contributed by atoms with Crippen molar-refractivity contribution in [3.63, 3.8) is 0 Å². The van der Waals surface area contributed by atoms with Gasteiger partial charge in [-0.2, -0.15) is 0 Å². The van der Waals surface area contributed by atoms with Gasteiger partial charge in [-0.1, -0.05) is 35.9 Å². The number of likely N-dealkylation sites (tertiary alicyclic amines) is 1. The van der Waals surface area contributed by atoms with Crippen LogP contribution in [-0.2, 0) is 22.7 Å². The van der Waals surface area contributed by atoms with Crippen LogP contribution < -0.4 is 10.6 Å². The first-order valence-electron chi connectivity index (χ1n) is 11.1. The van der Waals surface area contributed by atoms with E-state index in [9.17, 15) is 9.59 Å².